The van der Waals surface area contributed by atoms with Crippen LogP contribution in [0.25, 0.3) is 0 Å². The van der Waals surface area contributed by atoms with E-state index in [4.69, 9.17) is 4.42 Å². The highest BCUT2D eigenvalue weighted by Crippen LogP contribution is 2.20. The van der Waals surface area contributed by atoms with Crippen LogP contribution in [0.4, 0.5) is 5.69 Å². The number of aryl methyl sites for hydroxylation is 1. The summed E-state index contributed by atoms with van der Waals surface area (Å²) in [6.07, 6.45) is 1.42. The Morgan fingerprint density at radius 3 is 2.57 bits per heavy atom. The van der Waals surface area contributed by atoms with Crippen molar-refractivity contribution in [1.82, 2.24) is 5.43 Å². The van der Waals surface area contributed by atoms with Crippen LogP contribution in [0.1, 0.15) is 21.7 Å². The van der Waals surface area contributed by atoms with Crippen LogP contribution < -0.4 is 10.7 Å². The molecule has 0 aliphatic carbocycles. The molecule has 6 nitrogen and oxygen atoms in total. The SMILES string of the molecule is Cc1ccccc1C(=O)NN=Cc1ccc(SCC(=O)Nc2ccccc2)o1. The lowest BCUT2D eigenvalue weighted by molar-refractivity contribution is -0.113. The highest BCUT2D eigenvalue weighted by molar-refractivity contribution is 7.99. The van der Waals surface area contributed by atoms with E-state index >= 15 is 0 Å². The lowest BCUT2D eigenvalue weighted by Crippen LogP contribution is -2.18. The van der Waals surface area contributed by atoms with Gasteiger partial charge < -0.3 is 9.73 Å². The topological polar surface area (TPSA) is 83.7 Å². The number of thioether (sulfide) groups is 1. The number of nitrogens with one attached hydrogen (secondary N) is 2. The van der Waals surface area contributed by atoms with Gasteiger partial charge in [-0.1, -0.05) is 48.2 Å². The minimum Gasteiger partial charge on any atom is -0.449 e. The molecule has 28 heavy (non-hydrogen) atoms. The van der Waals surface area contributed by atoms with E-state index in [2.05, 4.69) is 15.8 Å². The van der Waals surface area contributed by atoms with Crippen molar-refractivity contribution in [2.45, 2.75) is 12.0 Å². The minimum atomic E-state index is -0.284. The van der Waals surface area contributed by atoms with Crippen LogP contribution >= 0.6 is 11.8 Å². The molecule has 0 aliphatic rings. The summed E-state index contributed by atoms with van der Waals surface area (Å²) in [5.74, 6) is 0.306. The molecular formula is C21H19N3O3S. The number of furan rings is 1. The third-order valence-electron chi connectivity index (χ3n) is 3.75. The number of para-hydroxylation sites is 1. The van der Waals surface area contributed by atoms with Crippen molar-refractivity contribution in [3.05, 3.63) is 83.6 Å². The van der Waals surface area contributed by atoms with Crippen LogP contribution in [0, 0.1) is 6.92 Å². The van der Waals surface area contributed by atoms with Gasteiger partial charge in [0.2, 0.25) is 5.91 Å². The summed E-state index contributed by atoms with van der Waals surface area (Å²) in [7, 11) is 0. The Balaban J connectivity index is 1.47. The molecular weight excluding hydrogens is 374 g/mol. The zero-order chi connectivity index (χ0) is 19.8. The normalized spacial score (nSPS) is 10.8. The number of hydrazone groups is 1. The maximum absolute atomic E-state index is 12.1. The molecule has 0 radical (unpaired) electrons. The molecule has 0 saturated heterocycles. The van der Waals surface area contributed by atoms with Gasteiger partial charge in [-0.2, -0.15) is 5.10 Å². The number of nitrogens with zero attached hydrogens (tertiary/aromatic N) is 1. The number of rotatable bonds is 7. The molecule has 0 saturated carbocycles. The molecule has 0 bridgehead atoms. The first-order valence-electron chi connectivity index (χ1n) is 8.58. The quantitative estimate of drug-likeness (QED) is 0.360. The van der Waals surface area contributed by atoms with E-state index in [0.29, 0.717) is 16.4 Å². The molecule has 3 aromatic rings. The van der Waals surface area contributed by atoms with E-state index in [1.165, 1.54) is 18.0 Å². The Morgan fingerprint density at radius 1 is 1.04 bits per heavy atom. The van der Waals surface area contributed by atoms with Crippen LogP contribution in [0.5, 0.6) is 0 Å². The largest absolute Gasteiger partial charge is 0.449 e. The first-order valence-corrected chi connectivity index (χ1v) is 9.57. The molecule has 0 unspecified atom stereocenters. The maximum atomic E-state index is 12.1. The van der Waals surface area contributed by atoms with Crippen LogP contribution in [0.2, 0.25) is 0 Å². The van der Waals surface area contributed by atoms with Crippen molar-refractivity contribution in [3.63, 3.8) is 0 Å². The Hall–Kier alpha value is -3.32. The van der Waals surface area contributed by atoms with E-state index in [-0.39, 0.29) is 17.6 Å². The fourth-order valence-electron chi connectivity index (χ4n) is 2.38. The van der Waals surface area contributed by atoms with Crippen molar-refractivity contribution in [2.75, 3.05) is 11.1 Å². The molecule has 1 heterocycles. The fourth-order valence-corrected chi connectivity index (χ4v) is 3.04. The van der Waals surface area contributed by atoms with Gasteiger partial charge in [-0.25, -0.2) is 5.43 Å². The summed E-state index contributed by atoms with van der Waals surface area (Å²) < 4.78 is 5.58. The van der Waals surface area contributed by atoms with Gasteiger partial charge in [-0.05, 0) is 42.8 Å². The molecule has 2 aromatic carbocycles. The number of carbonyl (C=O) groups is 2. The average molecular weight is 393 g/mol. The third-order valence-corrected chi connectivity index (χ3v) is 4.66. The number of amides is 2. The number of hydrogen-bond donors (Lipinski definition) is 2. The Labute approximate surface area is 167 Å². The molecule has 0 spiro atoms. The zero-order valence-electron chi connectivity index (χ0n) is 15.2. The van der Waals surface area contributed by atoms with Gasteiger partial charge in [0.1, 0.15) is 5.76 Å². The maximum Gasteiger partial charge on any atom is 0.271 e. The van der Waals surface area contributed by atoms with Crippen molar-refractivity contribution in [2.24, 2.45) is 5.10 Å². The van der Waals surface area contributed by atoms with Crippen molar-refractivity contribution in [1.29, 1.82) is 0 Å². The lowest BCUT2D eigenvalue weighted by Gasteiger charge is -2.03. The summed E-state index contributed by atoms with van der Waals surface area (Å²) in [6, 6.07) is 20.0. The average Bonchev–Trinajstić information content (AvgIpc) is 3.15. The highest BCUT2D eigenvalue weighted by Gasteiger charge is 2.08. The predicted octanol–water partition coefficient (Wildman–Crippen LogP) is 4.08. The summed E-state index contributed by atoms with van der Waals surface area (Å²) in [5.41, 5.74) is 4.67. The molecule has 7 heteroatoms. The molecule has 2 N–H and O–H groups in total. The Kier molecular flexibility index (Phi) is 6.64. The predicted molar refractivity (Wildman–Crippen MR) is 111 cm³/mol. The Morgan fingerprint density at radius 2 is 1.79 bits per heavy atom. The zero-order valence-corrected chi connectivity index (χ0v) is 16.0. The second-order valence-electron chi connectivity index (χ2n) is 5.87. The van der Waals surface area contributed by atoms with Gasteiger partial charge in [0.25, 0.3) is 5.91 Å². The molecule has 0 fully saturated rings. The molecule has 0 atom stereocenters. The second-order valence-corrected chi connectivity index (χ2v) is 6.85. The van der Waals surface area contributed by atoms with E-state index in [1.807, 2.05) is 49.4 Å². The first-order chi connectivity index (χ1) is 13.6. The third kappa shape index (κ3) is 5.59. The standard InChI is InChI=1S/C21H19N3O3S/c1-15-7-5-6-10-18(15)21(26)24-22-13-17-11-12-20(27-17)28-14-19(25)23-16-8-3-2-4-9-16/h2-13H,14H2,1H3,(H,23,25)(H,24,26). The van der Waals surface area contributed by atoms with E-state index in [9.17, 15) is 9.59 Å². The van der Waals surface area contributed by atoms with Gasteiger partial charge in [0, 0.05) is 11.3 Å². The van der Waals surface area contributed by atoms with Crippen molar-refractivity contribution < 1.29 is 14.0 Å². The summed E-state index contributed by atoms with van der Waals surface area (Å²) in [5, 5.41) is 7.32. The fraction of sp³-hybridized carbons (Fsp3) is 0.0952. The van der Waals surface area contributed by atoms with Gasteiger partial charge in [0.15, 0.2) is 5.09 Å². The van der Waals surface area contributed by atoms with E-state index in [0.717, 1.165) is 11.3 Å². The molecule has 0 aliphatic heterocycles. The number of benzene rings is 2. The monoisotopic (exact) mass is 393 g/mol. The molecule has 1 aromatic heterocycles. The number of hydrogen-bond acceptors (Lipinski definition) is 5. The van der Waals surface area contributed by atoms with Gasteiger partial charge >= 0.3 is 0 Å². The van der Waals surface area contributed by atoms with Crippen molar-refractivity contribution in [3.8, 4) is 0 Å². The molecule has 2 amide bonds. The van der Waals surface area contributed by atoms with Crippen LogP contribution in [0.15, 0.2) is 81.3 Å². The number of anilines is 1. The van der Waals surface area contributed by atoms with Gasteiger partial charge in [-0.3, -0.25) is 9.59 Å². The molecule has 3 rings (SSSR count). The van der Waals surface area contributed by atoms with Crippen LogP contribution in [-0.2, 0) is 4.79 Å². The molecule has 142 valence electrons. The lowest BCUT2D eigenvalue weighted by atomic mass is 10.1. The minimum absolute atomic E-state index is 0.117. The van der Waals surface area contributed by atoms with Crippen LogP contribution in [-0.4, -0.2) is 23.8 Å². The summed E-state index contributed by atoms with van der Waals surface area (Å²) >= 11 is 1.28. The van der Waals surface area contributed by atoms with Gasteiger partial charge in [0.05, 0.1) is 12.0 Å². The van der Waals surface area contributed by atoms with E-state index in [1.54, 1.807) is 24.3 Å². The second kappa shape index (κ2) is 9.57. The summed E-state index contributed by atoms with van der Waals surface area (Å²) in [6.45, 7) is 1.86. The summed E-state index contributed by atoms with van der Waals surface area (Å²) in [4.78, 5) is 24.0. The van der Waals surface area contributed by atoms with Gasteiger partial charge in [-0.15, -0.1) is 0 Å². The van der Waals surface area contributed by atoms with E-state index < -0.39 is 0 Å². The highest BCUT2D eigenvalue weighted by atomic mass is 32.2. The Bertz CT molecular complexity index is 983. The smallest absolute Gasteiger partial charge is 0.271 e. The van der Waals surface area contributed by atoms with Crippen molar-refractivity contribution >= 4 is 35.5 Å². The van der Waals surface area contributed by atoms with Crippen LogP contribution in [0.3, 0.4) is 0 Å². The first kappa shape index (κ1) is 19.4. The number of carbonyl (C=O) groups excluding carboxylic acids is 2.